The minimum Gasteiger partial charge on any atom is -0.497 e. The van der Waals surface area contributed by atoms with Crippen molar-refractivity contribution in [3.05, 3.63) is 93.4 Å². The average Bonchev–Trinajstić information content (AvgIpc) is 2.93. The second-order valence-electron chi connectivity index (χ2n) is 10.9. The number of nitrogens with zero attached hydrogens (tertiary/aromatic N) is 3. The Labute approximate surface area is 236 Å². The van der Waals surface area contributed by atoms with Gasteiger partial charge in [-0.1, -0.05) is 35.9 Å². The Balaban J connectivity index is 1.38. The summed E-state index contributed by atoms with van der Waals surface area (Å²) in [6.45, 7) is 1.95. The molecule has 1 aromatic heterocycles. The number of carbonyl (C=O) groups excluding carboxylic acids is 3. The molecule has 6 rings (SSSR count). The number of fused-ring (bicyclic) bond motifs is 4. The van der Waals surface area contributed by atoms with E-state index in [1.807, 2.05) is 22.8 Å². The molecule has 0 saturated carbocycles. The Morgan fingerprint density at radius 1 is 0.975 bits per heavy atom. The minimum absolute atomic E-state index is 0.00543. The monoisotopic (exact) mass is 560 g/mol. The molecule has 2 fully saturated rings. The summed E-state index contributed by atoms with van der Waals surface area (Å²) >= 11 is 6.20. The fourth-order valence-electron chi connectivity index (χ4n) is 6.48. The Morgan fingerprint density at radius 3 is 2.50 bits per heavy atom. The van der Waals surface area contributed by atoms with E-state index in [0.29, 0.717) is 36.1 Å². The normalized spacial score (nSPS) is 24.4. The lowest BCUT2D eigenvalue weighted by Gasteiger charge is -2.47. The van der Waals surface area contributed by atoms with Crippen LogP contribution < -0.4 is 20.5 Å². The number of amides is 4. The van der Waals surface area contributed by atoms with Crippen LogP contribution in [0.15, 0.2) is 71.5 Å². The van der Waals surface area contributed by atoms with Crippen LogP contribution >= 0.6 is 11.6 Å². The van der Waals surface area contributed by atoms with E-state index in [4.69, 9.17) is 16.3 Å². The quantitative estimate of drug-likeness (QED) is 0.464. The molecule has 0 radical (unpaired) electrons. The number of aromatic nitrogens is 1. The molecule has 9 nitrogen and oxygen atoms in total. The second-order valence-corrected chi connectivity index (χ2v) is 11.3. The van der Waals surface area contributed by atoms with Gasteiger partial charge in [-0.25, -0.2) is 9.69 Å². The molecular weight excluding hydrogens is 532 g/mol. The van der Waals surface area contributed by atoms with Gasteiger partial charge < -0.3 is 14.2 Å². The van der Waals surface area contributed by atoms with Gasteiger partial charge >= 0.3 is 6.03 Å². The summed E-state index contributed by atoms with van der Waals surface area (Å²) in [5.41, 5.74) is 0.457. The van der Waals surface area contributed by atoms with Gasteiger partial charge in [0.25, 0.3) is 11.5 Å². The van der Waals surface area contributed by atoms with Crippen LogP contribution in [-0.4, -0.2) is 54.1 Å². The molecule has 3 aromatic rings. The number of rotatable bonds is 6. The molecule has 206 valence electrons. The number of hydrogen-bond acceptors (Lipinski definition) is 6. The van der Waals surface area contributed by atoms with E-state index in [1.165, 1.54) is 6.07 Å². The van der Waals surface area contributed by atoms with Gasteiger partial charge in [0.1, 0.15) is 11.2 Å². The van der Waals surface area contributed by atoms with Gasteiger partial charge in [0.05, 0.1) is 12.8 Å². The van der Waals surface area contributed by atoms with Crippen molar-refractivity contribution in [2.75, 3.05) is 31.6 Å². The first-order chi connectivity index (χ1) is 19.3. The van der Waals surface area contributed by atoms with Gasteiger partial charge in [-0.05, 0) is 60.7 Å². The summed E-state index contributed by atoms with van der Waals surface area (Å²) in [7, 11) is 1.57. The number of nitrogens with one attached hydrogen (secondary N) is 1. The van der Waals surface area contributed by atoms with Crippen molar-refractivity contribution < 1.29 is 19.1 Å². The third-order valence-electron chi connectivity index (χ3n) is 8.25. The van der Waals surface area contributed by atoms with Crippen LogP contribution in [0.2, 0.25) is 5.02 Å². The fourth-order valence-corrected chi connectivity index (χ4v) is 6.66. The average molecular weight is 561 g/mol. The molecule has 3 atom stereocenters. The van der Waals surface area contributed by atoms with Crippen LogP contribution in [0.5, 0.6) is 5.75 Å². The predicted molar refractivity (Wildman–Crippen MR) is 150 cm³/mol. The van der Waals surface area contributed by atoms with E-state index < -0.39 is 23.3 Å². The summed E-state index contributed by atoms with van der Waals surface area (Å²) in [4.78, 5) is 56.9. The van der Waals surface area contributed by atoms with Gasteiger partial charge in [0.15, 0.2) is 0 Å². The number of pyridine rings is 1. The molecule has 10 heteroatoms. The van der Waals surface area contributed by atoms with Crippen LogP contribution in [0.3, 0.4) is 0 Å². The molecule has 2 saturated heterocycles. The number of imide groups is 2. The maximum absolute atomic E-state index is 14.4. The highest BCUT2D eigenvalue weighted by Crippen LogP contribution is 2.39. The van der Waals surface area contributed by atoms with Gasteiger partial charge in [-0.15, -0.1) is 0 Å². The van der Waals surface area contributed by atoms with Crippen LogP contribution in [-0.2, 0) is 22.6 Å². The maximum atomic E-state index is 14.4. The molecule has 0 unspecified atom stereocenters. The van der Waals surface area contributed by atoms with Gasteiger partial charge in [0, 0.05) is 48.9 Å². The highest BCUT2D eigenvalue weighted by atomic mass is 35.5. The van der Waals surface area contributed by atoms with Crippen LogP contribution in [0.4, 0.5) is 10.5 Å². The van der Waals surface area contributed by atoms with Crippen LogP contribution in [0.25, 0.3) is 0 Å². The Hall–Kier alpha value is -3.95. The summed E-state index contributed by atoms with van der Waals surface area (Å²) < 4.78 is 7.13. The van der Waals surface area contributed by atoms with Crippen molar-refractivity contribution in [2.45, 2.75) is 25.3 Å². The lowest BCUT2D eigenvalue weighted by atomic mass is 9.75. The standard InChI is InChI=1S/C30H29ClN4O5/c1-40-24-10-8-19(9-11-24)14-30(27(37)32-29(39)35(28(30)38)23-5-2-4-22(31)13-23)18-33-15-20-12-21(17-33)25-6-3-7-26(36)34(25)16-20/h2-11,13,20-21H,12,14-18H2,1H3,(H,32,37,39)/t20-,21+,30+/m0/s1. The SMILES string of the molecule is COc1ccc(C[C@@]2(CN3C[C@@H]4C[C@H](C3)c3cccc(=O)n3C4)C(=O)NC(=O)N(c3cccc(Cl)c3)C2=O)cc1. The molecule has 4 heterocycles. The smallest absolute Gasteiger partial charge is 0.335 e. The van der Waals surface area contributed by atoms with E-state index in [0.717, 1.165) is 22.6 Å². The zero-order chi connectivity index (χ0) is 28.0. The minimum atomic E-state index is -1.58. The predicted octanol–water partition coefficient (Wildman–Crippen LogP) is 3.44. The van der Waals surface area contributed by atoms with E-state index in [1.54, 1.807) is 49.6 Å². The number of ether oxygens (including phenoxy) is 1. The summed E-state index contributed by atoms with van der Waals surface area (Å²) in [6, 6.07) is 18.2. The summed E-state index contributed by atoms with van der Waals surface area (Å²) in [5, 5.41) is 2.83. The number of benzene rings is 2. The van der Waals surface area contributed by atoms with Gasteiger partial charge in [-0.2, -0.15) is 0 Å². The fraction of sp³-hybridized carbons (Fsp3) is 0.333. The van der Waals surface area contributed by atoms with E-state index in [-0.39, 0.29) is 30.4 Å². The van der Waals surface area contributed by atoms with Crippen molar-refractivity contribution in [3.8, 4) is 5.75 Å². The number of urea groups is 1. The van der Waals surface area contributed by atoms with Crippen LogP contribution in [0.1, 0.15) is 23.6 Å². The first-order valence-corrected chi connectivity index (χ1v) is 13.7. The molecule has 3 aliphatic rings. The molecule has 3 aliphatic heterocycles. The Bertz CT molecular complexity index is 1550. The van der Waals surface area contributed by atoms with Crippen molar-refractivity contribution in [3.63, 3.8) is 0 Å². The third kappa shape index (κ3) is 4.59. The zero-order valence-electron chi connectivity index (χ0n) is 22.0. The zero-order valence-corrected chi connectivity index (χ0v) is 22.8. The number of likely N-dealkylation sites (tertiary alicyclic amines) is 1. The van der Waals surface area contributed by atoms with Crippen molar-refractivity contribution in [2.24, 2.45) is 11.3 Å². The molecule has 2 aromatic carbocycles. The van der Waals surface area contributed by atoms with Crippen molar-refractivity contribution in [1.82, 2.24) is 14.8 Å². The van der Waals surface area contributed by atoms with Crippen LogP contribution in [0, 0.1) is 11.3 Å². The number of carbonyl (C=O) groups is 3. The summed E-state index contributed by atoms with van der Waals surface area (Å²) in [5.74, 6) is -0.245. The topological polar surface area (TPSA) is 101 Å². The number of anilines is 1. The molecule has 4 amide bonds. The highest BCUT2D eigenvalue weighted by molar-refractivity contribution is 6.32. The molecular formula is C30H29ClN4O5. The first kappa shape index (κ1) is 26.3. The molecule has 0 spiro atoms. The molecule has 40 heavy (non-hydrogen) atoms. The lowest BCUT2D eigenvalue weighted by molar-refractivity contribution is -0.144. The first-order valence-electron chi connectivity index (χ1n) is 13.3. The number of halogens is 1. The van der Waals surface area contributed by atoms with Gasteiger partial charge in [0.2, 0.25) is 5.91 Å². The third-order valence-corrected chi connectivity index (χ3v) is 8.49. The Kier molecular flexibility index (Phi) is 6.72. The summed E-state index contributed by atoms with van der Waals surface area (Å²) in [6.07, 6.45) is 1.03. The van der Waals surface area contributed by atoms with Crippen molar-refractivity contribution in [1.29, 1.82) is 0 Å². The molecule has 1 N–H and O–H groups in total. The molecule has 2 bridgehead atoms. The molecule has 0 aliphatic carbocycles. The number of hydrogen-bond donors (Lipinski definition) is 1. The Morgan fingerprint density at radius 2 is 1.75 bits per heavy atom. The van der Waals surface area contributed by atoms with E-state index >= 15 is 0 Å². The van der Waals surface area contributed by atoms with E-state index in [2.05, 4.69) is 10.2 Å². The van der Waals surface area contributed by atoms with Gasteiger partial charge in [-0.3, -0.25) is 19.7 Å². The second kappa shape index (κ2) is 10.2. The largest absolute Gasteiger partial charge is 0.497 e. The number of methoxy groups -OCH3 is 1. The number of barbiturate groups is 1. The number of piperidine rings is 1. The van der Waals surface area contributed by atoms with E-state index in [9.17, 15) is 19.2 Å². The maximum Gasteiger partial charge on any atom is 0.335 e. The lowest BCUT2D eigenvalue weighted by Crippen LogP contribution is -2.68. The highest BCUT2D eigenvalue weighted by Gasteiger charge is 2.55. The van der Waals surface area contributed by atoms with Crippen molar-refractivity contribution >= 4 is 35.1 Å².